The van der Waals surface area contributed by atoms with Gasteiger partial charge in [-0.25, -0.2) is 0 Å². The number of hydrogen-bond donors (Lipinski definition) is 2. The zero-order valence-corrected chi connectivity index (χ0v) is 15.1. The number of benzene rings is 1. The number of carbonyl (C=O) groups excluding carboxylic acids is 1. The van der Waals surface area contributed by atoms with Crippen LogP contribution < -0.4 is 10.6 Å². The molecule has 1 aromatic rings. The van der Waals surface area contributed by atoms with Crippen LogP contribution in [0.25, 0.3) is 0 Å². The van der Waals surface area contributed by atoms with Crippen LogP contribution in [0.4, 0.5) is 0 Å². The molecule has 1 aromatic carbocycles. The van der Waals surface area contributed by atoms with Crippen molar-refractivity contribution in [3.05, 3.63) is 34.3 Å². The number of halogens is 2. The average Bonchev–Trinajstić information content (AvgIpc) is 3.30. The molecule has 1 unspecified atom stereocenters. The Hall–Kier alpha value is -0.580. The van der Waals surface area contributed by atoms with E-state index in [4.69, 9.17) is 0 Å². The molecule has 0 spiro atoms. The van der Waals surface area contributed by atoms with Gasteiger partial charge < -0.3 is 10.6 Å². The van der Waals surface area contributed by atoms with Gasteiger partial charge in [0, 0.05) is 11.0 Å². The van der Waals surface area contributed by atoms with Gasteiger partial charge in [-0.1, -0.05) is 28.1 Å². The number of piperidine rings is 1. The second-order valence-corrected chi connectivity index (χ2v) is 7.27. The number of carbonyl (C=O) groups is 1. The van der Waals surface area contributed by atoms with Gasteiger partial charge in [-0.2, -0.15) is 0 Å². The van der Waals surface area contributed by atoms with Crippen LogP contribution in [0.1, 0.15) is 37.7 Å². The molecule has 1 heterocycles. The minimum Gasteiger partial charge on any atom is -0.355 e. The van der Waals surface area contributed by atoms with Crippen molar-refractivity contribution in [2.45, 2.75) is 37.5 Å². The van der Waals surface area contributed by atoms with Crippen LogP contribution in [0.15, 0.2) is 28.7 Å². The normalized spacial score (nSPS) is 22.5. The Balaban J connectivity index is 0.00000176. The van der Waals surface area contributed by atoms with Gasteiger partial charge in [0.1, 0.15) is 0 Å². The van der Waals surface area contributed by atoms with Crippen molar-refractivity contribution in [3.8, 4) is 0 Å². The van der Waals surface area contributed by atoms with Gasteiger partial charge in [-0.05, 0) is 68.8 Å². The molecule has 0 radical (unpaired) electrons. The van der Waals surface area contributed by atoms with E-state index in [1.165, 1.54) is 12.8 Å². The highest BCUT2D eigenvalue weighted by atomic mass is 79.9. The largest absolute Gasteiger partial charge is 0.355 e. The van der Waals surface area contributed by atoms with E-state index in [1.54, 1.807) is 0 Å². The summed E-state index contributed by atoms with van der Waals surface area (Å²) in [4.78, 5) is 12.5. The van der Waals surface area contributed by atoms with Gasteiger partial charge in [0.05, 0.1) is 5.41 Å². The molecular weight excluding hydrogens is 364 g/mol. The maximum Gasteiger partial charge on any atom is 0.230 e. The summed E-state index contributed by atoms with van der Waals surface area (Å²) in [6.07, 6.45) is 5.59. The Morgan fingerprint density at radius 1 is 1.41 bits per heavy atom. The summed E-state index contributed by atoms with van der Waals surface area (Å²) in [6.45, 7) is 3.06. The van der Waals surface area contributed by atoms with Crippen molar-refractivity contribution in [2.75, 3.05) is 19.6 Å². The third-order valence-electron chi connectivity index (χ3n) is 4.80. The third kappa shape index (κ3) is 4.03. The van der Waals surface area contributed by atoms with Crippen LogP contribution >= 0.6 is 28.3 Å². The lowest BCUT2D eigenvalue weighted by atomic mass is 9.94. The quantitative estimate of drug-likeness (QED) is 0.813. The topological polar surface area (TPSA) is 41.1 Å². The lowest BCUT2D eigenvalue weighted by Crippen LogP contribution is -2.37. The zero-order chi connectivity index (χ0) is 14.7. The fourth-order valence-corrected chi connectivity index (χ4v) is 3.69. The van der Waals surface area contributed by atoms with Crippen LogP contribution in [0.5, 0.6) is 0 Å². The third-order valence-corrected chi connectivity index (χ3v) is 5.29. The van der Waals surface area contributed by atoms with E-state index < -0.39 is 0 Å². The fourth-order valence-electron chi connectivity index (χ4n) is 3.29. The second-order valence-electron chi connectivity index (χ2n) is 6.35. The van der Waals surface area contributed by atoms with Gasteiger partial charge in [-0.15, -0.1) is 12.4 Å². The Labute approximate surface area is 147 Å². The Morgan fingerprint density at radius 3 is 2.86 bits per heavy atom. The summed E-state index contributed by atoms with van der Waals surface area (Å²) in [7, 11) is 0. The zero-order valence-electron chi connectivity index (χ0n) is 12.7. The van der Waals surface area contributed by atoms with Crippen molar-refractivity contribution >= 4 is 34.2 Å². The molecule has 1 saturated carbocycles. The van der Waals surface area contributed by atoms with Gasteiger partial charge in [-0.3, -0.25) is 4.79 Å². The first-order valence-corrected chi connectivity index (χ1v) is 8.75. The highest BCUT2D eigenvalue weighted by Gasteiger charge is 2.51. The van der Waals surface area contributed by atoms with Gasteiger partial charge in [0.15, 0.2) is 0 Å². The molecular formula is C17H24BrClN2O. The smallest absolute Gasteiger partial charge is 0.230 e. The fraction of sp³-hybridized carbons (Fsp3) is 0.588. The maximum atomic E-state index is 12.5. The van der Waals surface area contributed by atoms with Crippen LogP contribution in [0, 0.1) is 5.92 Å². The maximum absolute atomic E-state index is 12.5. The average molecular weight is 388 g/mol. The van der Waals surface area contributed by atoms with Gasteiger partial charge in [0.2, 0.25) is 5.91 Å². The molecule has 5 heteroatoms. The van der Waals surface area contributed by atoms with Gasteiger partial charge >= 0.3 is 0 Å². The van der Waals surface area contributed by atoms with E-state index in [2.05, 4.69) is 38.7 Å². The van der Waals surface area contributed by atoms with Crippen molar-refractivity contribution in [1.82, 2.24) is 10.6 Å². The molecule has 3 nitrogen and oxygen atoms in total. The number of amides is 1. The van der Waals surface area contributed by atoms with Crippen molar-refractivity contribution in [2.24, 2.45) is 5.92 Å². The van der Waals surface area contributed by atoms with Gasteiger partial charge in [0.25, 0.3) is 0 Å². The molecule has 1 amide bonds. The first-order chi connectivity index (χ1) is 10.2. The summed E-state index contributed by atoms with van der Waals surface area (Å²) in [5.74, 6) is 0.935. The first kappa shape index (κ1) is 17.8. The molecule has 1 atom stereocenters. The number of hydrogen-bond acceptors (Lipinski definition) is 2. The van der Waals surface area contributed by atoms with E-state index in [1.807, 2.05) is 12.1 Å². The van der Waals surface area contributed by atoms with Crippen LogP contribution in [-0.2, 0) is 10.2 Å². The molecule has 0 aromatic heterocycles. The molecule has 122 valence electrons. The Bertz CT molecular complexity index is 513. The number of nitrogens with one attached hydrogen (secondary N) is 2. The SMILES string of the molecule is Cl.O=C(NCCC1CCCNC1)C1(c2cccc(Br)c2)CC1. The van der Waals surface area contributed by atoms with E-state index in [0.717, 1.165) is 54.9 Å². The van der Waals surface area contributed by atoms with Crippen molar-refractivity contribution in [1.29, 1.82) is 0 Å². The monoisotopic (exact) mass is 386 g/mol. The molecule has 2 fully saturated rings. The molecule has 1 aliphatic carbocycles. The standard InChI is InChI=1S/C17H23BrN2O.ClH/c18-15-5-1-4-14(11-15)17(7-8-17)16(21)20-10-6-13-3-2-9-19-12-13;/h1,4-5,11,13,19H,2-3,6-10,12H2,(H,20,21);1H. The minimum absolute atomic E-state index is 0. The molecule has 22 heavy (non-hydrogen) atoms. The minimum atomic E-state index is -0.255. The molecule has 2 N–H and O–H groups in total. The van der Waals surface area contributed by atoms with E-state index in [-0.39, 0.29) is 23.7 Å². The number of rotatable bonds is 5. The second kappa shape index (κ2) is 7.80. The molecule has 3 rings (SSSR count). The molecule has 1 aliphatic heterocycles. The lowest BCUT2D eigenvalue weighted by Gasteiger charge is -2.23. The summed E-state index contributed by atoms with van der Waals surface area (Å²) in [5, 5.41) is 6.60. The van der Waals surface area contributed by atoms with Crippen molar-refractivity contribution < 1.29 is 4.79 Å². The van der Waals surface area contributed by atoms with Crippen molar-refractivity contribution in [3.63, 3.8) is 0 Å². The highest BCUT2D eigenvalue weighted by molar-refractivity contribution is 9.10. The van der Waals surface area contributed by atoms with E-state index in [9.17, 15) is 4.79 Å². The molecule has 2 aliphatic rings. The highest BCUT2D eigenvalue weighted by Crippen LogP contribution is 2.48. The van der Waals surface area contributed by atoms with Crippen LogP contribution in [-0.4, -0.2) is 25.5 Å². The Morgan fingerprint density at radius 2 is 2.23 bits per heavy atom. The van der Waals surface area contributed by atoms with Crippen LogP contribution in [0.2, 0.25) is 0 Å². The first-order valence-electron chi connectivity index (χ1n) is 7.96. The Kier molecular flexibility index (Phi) is 6.30. The molecule has 0 bridgehead atoms. The molecule has 1 saturated heterocycles. The lowest BCUT2D eigenvalue weighted by molar-refractivity contribution is -0.123. The predicted molar refractivity (Wildman–Crippen MR) is 95.5 cm³/mol. The van der Waals surface area contributed by atoms with E-state index in [0.29, 0.717) is 0 Å². The predicted octanol–water partition coefficient (Wildman–Crippen LogP) is 3.41. The summed E-state index contributed by atoms with van der Waals surface area (Å²) in [5.41, 5.74) is 0.892. The summed E-state index contributed by atoms with van der Waals surface area (Å²) >= 11 is 3.50. The summed E-state index contributed by atoms with van der Waals surface area (Å²) in [6, 6.07) is 8.17. The summed E-state index contributed by atoms with van der Waals surface area (Å²) < 4.78 is 1.05. The van der Waals surface area contributed by atoms with Crippen LogP contribution in [0.3, 0.4) is 0 Å². The van der Waals surface area contributed by atoms with E-state index >= 15 is 0 Å².